The highest BCUT2D eigenvalue weighted by molar-refractivity contribution is 6.36. The minimum absolute atomic E-state index is 0.642. The predicted molar refractivity (Wildman–Crippen MR) is 86.8 cm³/mol. The molecule has 1 saturated heterocycles. The Morgan fingerprint density at radius 1 is 1.19 bits per heavy atom. The van der Waals surface area contributed by atoms with E-state index in [1.165, 1.54) is 5.56 Å². The number of aromatic nitrogens is 2. The zero-order chi connectivity index (χ0) is 14.8. The number of H-pyrrole nitrogens is 1. The predicted octanol–water partition coefficient (Wildman–Crippen LogP) is 3.13. The van der Waals surface area contributed by atoms with Gasteiger partial charge in [-0.1, -0.05) is 23.2 Å². The normalized spacial score (nSPS) is 17.3. The Morgan fingerprint density at radius 2 is 1.95 bits per heavy atom. The molecule has 1 aliphatic rings. The molecule has 0 bridgehead atoms. The second-order valence-corrected chi connectivity index (χ2v) is 6.32. The topological polar surface area (TPSA) is 35.2 Å². The summed E-state index contributed by atoms with van der Waals surface area (Å²) in [6.45, 7) is 5.26. The largest absolute Gasteiger partial charge is 0.304 e. The van der Waals surface area contributed by atoms with Crippen molar-refractivity contribution in [2.24, 2.45) is 0 Å². The minimum Gasteiger partial charge on any atom is -0.304 e. The van der Waals surface area contributed by atoms with E-state index in [1.54, 1.807) is 6.07 Å². The van der Waals surface area contributed by atoms with Crippen LogP contribution in [-0.2, 0) is 6.54 Å². The van der Waals surface area contributed by atoms with Crippen molar-refractivity contribution in [3.63, 3.8) is 0 Å². The van der Waals surface area contributed by atoms with Gasteiger partial charge >= 0.3 is 0 Å². The zero-order valence-corrected chi connectivity index (χ0v) is 13.5. The van der Waals surface area contributed by atoms with Crippen LogP contribution in [0.25, 0.3) is 11.3 Å². The first-order valence-corrected chi connectivity index (χ1v) is 7.77. The zero-order valence-electron chi connectivity index (χ0n) is 11.9. The van der Waals surface area contributed by atoms with Crippen LogP contribution in [0.3, 0.4) is 0 Å². The Kier molecular flexibility index (Phi) is 4.50. The van der Waals surface area contributed by atoms with Gasteiger partial charge in [0.2, 0.25) is 0 Å². The van der Waals surface area contributed by atoms with Gasteiger partial charge < -0.3 is 4.90 Å². The smallest absolute Gasteiger partial charge is 0.0710 e. The van der Waals surface area contributed by atoms with Gasteiger partial charge in [0, 0.05) is 48.9 Å². The molecule has 112 valence electrons. The number of likely N-dealkylation sites (N-methyl/N-ethyl adjacent to an activating group) is 1. The lowest BCUT2D eigenvalue weighted by molar-refractivity contribution is 0.148. The molecule has 1 aromatic heterocycles. The van der Waals surface area contributed by atoms with Gasteiger partial charge in [0.05, 0.1) is 16.9 Å². The summed E-state index contributed by atoms with van der Waals surface area (Å²) in [4.78, 5) is 4.79. The molecule has 21 heavy (non-hydrogen) atoms. The van der Waals surface area contributed by atoms with Crippen molar-refractivity contribution < 1.29 is 0 Å². The lowest BCUT2D eigenvalue weighted by Gasteiger charge is -2.32. The first-order valence-electron chi connectivity index (χ1n) is 7.02. The molecule has 0 spiro atoms. The van der Waals surface area contributed by atoms with Crippen molar-refractivity contribution in [1.29, 1.82) is 0 Å². The number of benzene rings is 1. The lowest BCUT2D eigenvalue weighted by Crippen LogP contribution is -2.43. The van der Waals surface area contributed by atoms with Crippen molar-refractivity contribution in [2.45, 2.75) is 6.54 Å². The van der Waals surface area contributed by atoms with Crippen LogP contribution in [0.1, 0.15) is 5.56 Å². The first kappa shape index (κ1) is 14.9. The molecule has 0 unspecified atom stereocenters. The Morgan fingerprint density at radius 3 is 2.67 bits per heavy atom. The number of piperazine rings is 1. The van der Waals surface area contributed by atoms with Crippen molar-refractivity contribution >= 4 is 23.2 Å². The molecular weight excluding hydrogens is 307 g/mol. The highest BCUT2D eigenvalue weighted by Crippen LogP contribution is 2.31. The van der Waals surface area contributed by atoms with Gasteiger partial charge in [-0.2, -0.15) is 5.10 Å². The van der Waals surface area contributed by atoms with E-state index >= 15 is 0 Å². The first-order chi connectivity index (χ1) is 10.1. The quantitative estimate of drug-likeness (QED) is 0.942. The lowest BCUT2D eigenvalue weighted by atomic mass is 10.1. The maximum atomic E-state index is 6.30. The van der Waals surface area contributed by atoms with E-state index in [0.29, 0.717) is 10.0 Å². The van der Waals surface area contributed by atoms with Crippen molar-refractivity contribution in [2.75, 3.05) is 33.2 Å². The number of nitrogens with zero attached hydrogens (tertiary/aromatic N) is 3. The third-order valence-electron chi connectivity index (χ3n) is 3.91. The van der Waals surface area contributed by atoms with Gasteiger partial charge in [0.15, 0.2) is 0 Å². The Bertz CT molecular complexity index is 618. The van der Waals surface area contributed by atoms with E-state index in [4.69, 9.17) is 23.2 Å². The monoisotopic (exact) mass is 324 g/mol. The van der Waals surface area contributed by atoms with Crippen molar-refractivity contribution in [3.8, 4) is 11.3 Å². The summed E-state index contributed by atoms with van der Waals surface area (Å²) in [5, 5.41) is 8.54. The maximum absolute atomic E-state index is 6.30. The second-order valence-electron chi connectivity index (χ2n) is 5.47. The minimum atomic E-state index is 0.642. The van der Waals surface area contributed by atoms with E-state index in [1.807, 2.05) is 18.3 Å². The van der Waals surface area contributed by atoms with Crippen LogP contribution in [-0.4, -0.2) is 53.2 Å². The number of hydrogen-bond donors (Lipinski definition) is 1. The van der Waals surface area contributed by atoms with Gasteiger partial charge in [-0.05, 0) is 25.2 Å². The third kappa shape index (κ3) is 3.40. The number of rotatable bonds is 3. The van der Waals surface area contributed by atoms with Crippen LogP contribution < -0.4 is 0 Å². The fourth-order valence-electron chi connectivity index (χ4n) is 2.60. The van der Waals surface area contributed by atoms with Crippen LogP contribution >= 0.6 is 23.2 Å². The Labute approximate surface area is 134 Å². The SMILES string of the molecule is CN1CCN(Cc2cn[nH]c2-c2ccc(Cl)cc2Cl)CC1. The fraction of sp³-hybridized carbons (Fsp3) is 0.400. The van der Waals surface area contributed by atoms with Crippen LogP contribution in [0.5, 0.6) is 0 Å². The van der Waals surface area contributed by atoms with Gasteiger partial charge in [-0.3, -0.25) is 10.00 Å². The average molecular weight is 325 g/mol. The van der Waals surface area contributed by atoms with Crippen LogP contribution in [0.15, 0.2) is 24.4 Å². The Balaban J connectivity index is 1.80. The highest BCUT2D eigenvalue weighted by Gasteiger charge is 2.17. The van der Waals surface area contributed by atoms with E-state index in [2.05, 4.69) is 27.0 Å². The maximum Gasteiger partial charge on any atom is 0.0710 e. The van der Waals surface area contributed by atoms with E-state index < -0.39 is 0 Å². The summed E-state index contributed by atoms with van der Waals surface area (Å²) in [6, 6.07) is 5.55. The molecule has 1 N–H and O–H groups in total. The van der Waals surface area contributed by atoms with Gasteiger partial charge in [-0.25, -0.2) is 0 Å². The number of aromatic amines is 1. The summed E-state index contributed by atoms with van der Waals surface area (Å²) in [5.41, 5.74) is 3.10. The van der Waals surface area contributed by atoms with Crippen LogP contribution in [0.4, 0.5) is 0 Å². The van der Waals surface area contributed by atoms with E-state index in [0.717, 1.165) is 44.0 Å². The summed E-state index contributed by atoms with van der Waals surface area (Å²) in [7, 11) is 2.16. The van der Waals surface area contributed by atoms with E-state index in [9.17, 15) is 0 Å². The average Bonchev–Trinajstić information content (AvgIpc) is 2.89. The van der Waals surface area contributed by atoms with Crippen LogP contribution in [0, 0.1) is 0 Å². The molecule has 0 radical (unpaired) electrons. The second kappa shape index (κ2) is 6.36. The third-order valence-corrected chi connectivity index (χ3v) is 4.46. The molecule has 1 aromatic carbocycles. The highest BCUT2D eigenvalue weighted by atomic mass is 35.5. The molecule has 0 amide bonds. The molecule has 6 heteroatoms. The molecule has 0 aliphatic carbocycles. The summed E-state index contributed by atoms with van der Waals surface area (Å²) in [6.07, 6.45) is 1.89. The van der Waals surface area contributed by atoms with Gasteiger partial charge in [0.1, 0.15) is 0 Å². The fourth-order valence-corrected chi connectivity index (χ4v) is 3.11. The van der Waals surface area contributed by atoms with Crippen LogP contribution in [0.2, 0.25) is 10.0 Å². The molecule has 3 rings (SSSR count). The number of halogens is 2. The molecule has 1 fully saturated rings. The molecule has 2 aromatic rings. The molecular formula is C15H18Cl2N4. The van der Waals surface area contributed by atoms with Crippen molar-refractivity contribution in [1.82, 2.24) is 20.0 Å². The van der Waals surface area contributed by atoms with Gasteiger partial charge in [-0.15, -0.1) is 0 Å². The molecule has 4 nitrogen and oxygen atoms in total. The number of nitrogens with one attached hydrogen (secondary N) is 1. The summed E-state index contributed by atoms with van der Waals surface area (Å²) >= 11 is 12.3. The molecule has 1 aliphatic heterocycles. The Hall–Kier alpha value is -1.07. The van der Waals surface area contributed by atoms with Gasteiger partial charge in [0.25, 0.3) is 0 Å². The summed E-state index contributed by atoms with van der Waals surface area (Å²) in [5.74, 6) is 0. The summed E-state index contributed by atoms with van der Waals surface area (Å²) < 4.78 is 0. The van der Waals surface area contributed by atoms with Crippen molar-refractivity contribution in [3.05, 3.63) is 40.0 Å². The molecule has 0 atom stereocenters. The standard InChI is InChI=1S/C15H18Cl2N4/c1-20-4-6-21(7-5-20)10-11-9-18-19-15(11)13-3-2-12(16)8-14(13)17/h2-3,8-9H,4-7,10H2,1H3,(H,18,19). The molecule has 2 heterocycles. The van der Waals surface area contributed by atoms with E-state index in [-0.39, 0.29) is 0 Å². The number of hydrogen-bond acceptors (Lipinski definition) is 3. The molecule has 0 saturated carbocycles.